The van der Waals surface area contributed by atoms with Crippen LogP contribution in [-0.2, 0) is 4.79 Å². The lowest BCUT2D eigenvalue weighted by atomic mass is 10.0. The number of likely N-dealkylation sites (tertiary alicyclic amines) is 1. The van der Waals surface area contributed by atoms with Gasteiger partial charge in [0.1, 0.15) is 0 Å². The molecule has 2 fully saturated rings. The Morgan fingerprint density at radius 1 is 1.47 bits per heavy atom. The zero-order valence-corrected chi connectivity index (χ0v) is 9.78. The van der Waals surface area contributed by atoms with Crippen LogP contribution in [0.15, 0.2) is 0 Å². The van der Waals surface area contributed by atoms with Gasteiger partial charge in [-0.25, -0.2) is 0 Å². The van der Waals surface area contributed by atoms with Crippen LogP contribution in [-0.4, -0.2) is 29.4 Å². The molecule has 1 aliphatic heterocycles. The second kappa shape index (κ2) is 4.12. The highest BCUT2D eigenvalue weighted by atomic mass is 16.2. The van der Waals surface area contributed by atoms with Gasteiger partial charge in [-0.05, 0) is 37.5 Å². The van der Waals surface area contributed by atoms with Crippen LogP contribution in [0.2, 0.25) is 0 Å². The van der Waals surface area contributed by atoms with Gasteiger partial charge in [-0.2, -0.15) is 0 Å². The van der Waals surface area contributed by atoms with Gasteiger partial charge in [0, 0.05) is 12.6 Å². The molecule has 3 heteroatoms. The Morgan fingerprint density at radius 2 is 2.20 bits per heavy atom. The van der Waals surface area contributed by atoms with Gasteiger partial charge in [-0.15, -0.1) is 0 Å². The minimum absolute atomic E-state index is 0.191. The molecule has 1 amide bonds. The normalized spacial score (nSPS) is 31.3. The molecule has 0 aromatic rings. The van der Waals surface area contributed by atoms with Crippen LogP contribution in [0.3, 0.4) is 0 Å². The van der Waals surface area contributed by atoms with E-state index in [1.807, 2.05) is 4.90 Å². The van der Waals surface area contributed by atoms with Gasteiger partial charge < -0.3 is 10.6 Å². The third kappa shape index (κ3) is 2.17. The molecule has 0 spiro atoms. The van der Waals surface area contributed by atoms with E-state index in [0.29, 0.717) is 12.0 Å². The van der Waals surface area contributed by atoms with Crippen molar-refractivity contribution in [3.63, 3.8) is 0 Å². The highest BCUT2D eigenvalue weighted by Gasteiger charge is 2.41. The molecule has 2 N–H and O–H groups in total. The van der Waals surface area contributed by atoms with E-state index in [2.05, 4.69) is 13.8 Å². The first-order valence-corrected chi connectivity index (χ1v) is 6.14. The zero-order valence-electron chi connectivity index (χ0n) is 9.78. The lowest BCUT2D eigenvalue weighted by Gasteiger charge is -2.29. The van der Waals surface area contributed by atoms with Crippen LogP contribution in [0.4, 0.5) is 0 Å². The summed E-state index contributed by atoms with van der Waals surface area (Å²) in [5.74, 6) is 1.46. The molecule has 3 atom stereocenters. The summed E-state index contributed by atoms with van der Waals surface area (Å²) in [4.78, 5) is 14.1. The third-order valence-electron chi connectivity index (χ3n) is 3.73. The molecular weight excluding hydrogens is 188 g/mol. The van der Waals surface area contributed by atoms with Crippen LogP contribution in [0.5, 0.6) is 0 Å². The summed E-state index contributed by atoms with van der Waals surface area (Å²) in [5, 5.41) is 0. The number of nitrogens with two attached hydrogens (primary N) is 1. The Hall–Kier alpha value is -0.570. The summed E-state index contributed by atoms with van der Waals surface area (Å²) >= 11 is 0. The molecule has 2 aliphatic rings. The first-order chi connectivity index (χ1) is 7.08. The second-order valence-electron chi connectivity index (χ2n) is 5.56. The number of nitrogens with zero attached hydrogens (tertiary/aromatic N) is 1. The second-order valence-corrected chi connectivity index (χ2v) is 5.56. The number of rotatable bonds is 3. The number of carbonyl (C=O) groups excluding carboxylic acids is 1. The zero-order chi connectivity index (χ0) is 11.0. The van der Waals surface area contributed by atoms with Crippen LogP contribution in [0, 0.1) is 11.8 Å². The number of fused-ring (bicyclic) bond motifs is 2. The average molecular weight is 210 g/mol. The first-order valence-electron chi connectivity index (χ1n) is 6.14. The molecular formula is C12H22N2O. The Morgan fingerprint density at radius 3 is 2.67 bits per heavy atom. The minimum atomic E-state index is -0.274. The Kier molecular flexibility index (Phi) is 3.01. The van der Waals surface area contributed by atoms with E-state index in [9.17, 15) is 4.79 Å². The number of amides is 1. The first kappa shape index (κ1) is 10.9. The molecule has 1 saturated heterocycles. The molecule has 15 heavy (non-hydrogen) atoms. The lowest BCUT2D eigenvalue weighted by Crippen LogP contribution is -2.47. The van der Waals surface area contributed by atoms with Crippen LogP contribution in [0.25, 0.3) is 0 Å². The SMILES string of the molecule is CC(C)CC(N)C(=O)N1CC2CCC1C2. The van der Waals surface area contributed by atoms with E-state index in [-0.39, 0.29) is 11.9 Å². The number of hydrogen-bond acceptors (Lipinski definition) is 2. The Labute approximate surface area is 92.0 Å². The standard InChI is InChI=1S/C12H22N2O/c1-8(2)5-11(13)12(15)14-7-9-3-4-10(14)6-9/h8-11H,3-7,13H2,1-2H3. The van der Waals surface area contributed by atoms with Crippen LogP contribution < -0.4 is 5.73 Å². The minimum Gasteiger partial charge on any atom is -0.338 e. The third-order valence-corrected chi connectivity index (χ3v) is 3.73. The molecule has 0 radical (unpaired) electrons. The maximum Gasteiger partial charge on any atom is 0.239 e. The molecule has 0 aromatic carbocycles. The summed E-state index contributed by atoms with van der Waals surface area (Å²) in [6.45, 7) is 5.20. The van der Waals surface area contributed by atoms with E-state index in [0.717, 1.165) is 18.9 Å². The number of piperidine rings is 1. The fourth-order valence-corrected chi connectivity index (χ4v) is 3.02. The average Bonchev–Trinajstić information content (AvgIpc) is 2.76. The predicted octanol–water partition coefficient (Wildman–Crippen LogP) is 1.37. The maximum absolute atomic E-state index is 12.1. The van der Waals surface area contributed by atoms with Gasteiger partial charge in [0.25, 0.3) is 0 Å². The summed E-state index contributed by atoms with van der Waals surface area (Å²) in [6, 6.07) is 0.241. The van der Waals surface area contributed by atoms with Crippen molar-refractivity contribution in [2.45, 2.75) is 51.6 Å². The Balaban J connectivity index is 1.91. The van der Waals surface area contributed by atoms with Gasteiger partial charge in [0.15, 0.2) is 0 Å². The summed E-state index contributed by atoms with van der Waals surface area (Å²) in [5.41, 5.74) is 5.94. The molecule has 1 heterocycles. The molecule has 1 saturated carbocycles. The highest BCUT2D eigenvalue weighted by molar-refractivity contribution is 5.82. The van der Waals surface area contributed by atoms with Gasteiger partial charge in [-0.1, -0.05) is 13.8 Å². The largest absolute Gasteiger partial charge is 0.338 e. The van der Waals surface area contributed by atoms with Crippen molar-refractivity contribution in [2.24, 2.45) is 17.6 Å². The fraction of sp³-hybridized carbons (Fsp3) is 0.917. The van der Waals surface area contributed by atoms with E-state index in [1.54, 1.807) is 0 Å². The number of hydrogen-bond donors (Lipinski definition) is 1. The summed E-state index contributed by atoms with van der Waals surface area (Å²) in [6.07, 6.45) is 4.55. The van der Waals surface area contributed by atoms with Crippen molar-refractivity contribution >= 4 is 5.91 Å². The quantitative estimate of drug-likeness (QED) is 0.764. The number of carbonyl (C=O) groups is 1. The van der Waals surface area contributed by atoms with E-state index >= 15 is 0 Å². The van der Waals surface area contributed by atoms with Crippen LogP contribution in [0.1, 0.15) is 39.5 Å². The Bertz CT molecular complexity index is 252. The predicted molar refractivity (Wildman–Crippen MR) is 60.3 cm³/mol. The summed E-state index contributed by atoms with van der Waals surface area (Å²) in [7, 11) is 0. The molecule has 0 aromatic heterocycles. The highest BCUT2D eigenvalue weighted by Crippen LogP contribution is 2.37. The van der Waals surface area contributed by atoms with E-state index < -0.39 is 0 Å². The van der Waals surface area contributed by atoms with Gasteiger partial charge >= 0.3 is 0 Å². The monoisotopic (exact) mass is 210 g/mol. The molecule has 3 nitrogen and oxygen atoms in total. The molecule has 1 aliphatic carbocycles. The van der Waals surface area contributed by atoms with Crippen molar-refractivity contribution in [2.75, 3.05) is 6.54 Å². The van der Waals surface area contributed by atoms with Crippen molar-refractivity contribution in [3.8, 4) is 0 Å². The smallest absolute Gasteiger partial charge is 0.239 e. The van der Waals surface area contributed by atoms with Crippen LogP contribution >= 0.6 is 0 Å². The van der Waals surface area contributed by atoms with Gasteiger partial charge in [0.05, 0.1) is 6.04 Å². The van der Waals surface area contributed by atoms with E-state index in [1.165, 1.54) is 19.3 Å². The van der Waals surface area contributed by atoms with E-state index in [4.69, 9.17) is 5.73 Å². The lowest BCUT2D eigenvalue weighted by molar-refractivity contribution is -0.134. The molecule has 2 bridgehead atoms. The van der Waals surface area contributed by atoms with Crippen molar-refractivity contribution in [3.05, 3.63) is 0 Å². The van der Waals surface area contributed by atoms with Gasteiger partial charge in [0.2, 0.25) is 5.91 Å². The van der Waals surface area contributed by atoms with Crippen molar-refractivity contribution < 1.29 is 4.79 Å². The molecule has 3 unspecified atom stereocenters. The maximum atomic E-state index is 12.1. The fourth-order valence-electron chi connectivity index (χ4n) is 3.02. The summed E-state index contributed by atoms with van der Waals surface area (Å²) < 4.78 is 0. The van der Waals surface area contributed by atoms with Crippen molar-refractivity contribution in [1.82, 2.24) is 4.90 Å². The topological polar surface area (TPSA) is 46.3 Å². The van der Waals surface area contributed by atoms with Crippen molar-refractivity contribution in [1.29, 1.82) is 0 Å². The van der Waals surface area contributed by atoms with Gasteiger partial charge in [-0.3, -0.25) is 4.79 Å². The molecule has 2 rings (SSSR count). The molecule has 86 valence electrons.